The van der Waals surface area contributed by atoms with Gasteiger partial charge in [-0.05, 0) is 24.3 Å². The van der Waals surface area contributed by atoms with Crippen LogP contribution in [0.1, 0.15) is 5.56 Å². The van der Waals surface area contributed by atoms with Crippen molar-refractivity contribution in [2.75, 3.05) is 5.32 Å². The van der Waals surface area contributed by atoms with Crippen molar-refractivity contribution in [1.82, 2.24) is 9.97 Å². The van der Waals surface area contributed by atoms with Gasteiger partial charge in [-0.2, -0.15) is 0 Å². The summed E-state index contributed by atoms with van der Waals surface area (Å²) >= 11 is 7.84. The molecule has 0 saturated heterocycles. The van der Waals surface area contributed by atoms with Crippen LogP contribution in [0.2, 0.25) is 5.02 Å². The molecule has 0 spiro atoms. The molecule has 0 unspecified atom stereocenters. The number of fused-ring (bicyclic) bond motifs is 3. The van der Waals surface area contributed by atoms with Crippen molar-refractivity contribution in [3.05, 3.63) is 65.3 Å². The van der Waals surface area contributed by atoms with Crippen LogP contribution in [0.15, 0.2) is 59.6 Å². The van der Waals surface area contributed by atoms with Crippen LogP contribution in [0.25, 0.3) is 11.3 Å². The summed E-state index contributed by atoms with van der Waals surface area (Å²) in [6, 6.07) is 15.9. The zero-order chi connectivity index (χ0) is 14.9. The molecule has 0 fully saturated rings. The zero-order valence-corrected chi connectivity index (χ0v) is 13.2. The Hall–Kier alpha value is -2.04. The predicted octanol–water partition coefficient (Wildman–Crippen LogP) is 5.15. The third kappa shape index (κ3) is 2.56. The molecule has 0 saturated carbocycles. The number of aromatic nitrogens is 2. The topological polar surface area (TPSA) is 37.8 Å². The molecule has 1 aliphatic heterocycles. The highest BCUT2D eigenvalue weighted by Crippen LogP contribution is 2.40. The van der Waals surface area contributed by atoms with Crippen molar-refractivity contribution in [1.29, 1.82) is 0 Å². The maximum absolute atomic E-state index is 6.01. The maximum Gasteiger partial charge on any atom is 0.227 e. The molecule has 3 aromatic rings. The molecule has 0 atom stereocenters. The third-order valence-corrected chi connectivity index (χ3v) is 4.83. The van der Waals surface area contributed by atoms with E-state index in [1.807, 2.05) is 48.3 Å². The van der Waals surface area contributed by atoms with Crippen molar-refractivity contribution in [3.8, 4) is 11.3 Å². The lowest BCUT2D eigenvalue weighted by Crippen LogP contribution is -2.04. The quantitative estimate of drug-likeness (QED) is 0.707. The number of nitrogens with zero attached hydrogens (tertiary/aromatic N) is 2. The predicted molar refractivity (Wildman–Crippen MR) is 91.8 cm³/mol. The summed E-state index contributed by atoms with van der Waals surface area (Å²) in [5.41, 5.74) is 4.23. The molecule has 0 amide bonds. The Balaban J connectivity index is 1.73. The van der Waals surface area contributed by atoms with Crippen LogP contribution in [0.5, 0.6) is 0 Å². The van der Waals surface area contributed by atoms with Crippen LogP contribution < -0.4 is 5.32 Å². The molecule has 1 N–H and O–H groups in total. The van der Waals surface area contributed by atoms with E-state index in [1.54, 1.807) is 0 Å². The molecule has 2 aromatic carbocycles. The van der Waals surface area contributed by atoms with E-state index in [0.717, 1.165) is 17.1 Å². The fourth-order valence-electron chi connectivity index (χ4n) is 2.44. The highest BCUT2D eigenvalue weighted by Gasteiger charge is 2.18. The van der Waals surface area contributed by atoms with Crippen molar-refractivity contribution < 1.29 is 0 Å². The Morgan fingerprint density at radius 1 is 1.09 bits per heavy atom. The second kappa shape index (κ2) is 5.63. The van der Waals surface area contributed by atoms with Gasteiger partial charge in [-0.25, -0.2) is 9.97 Å². The second-order valence-electron chi connectivity index (χ2n) is 4.99. The molecule has 4 rings (SSSR count). The summed E-state index contributed by atoms with van der Waals surface area (Å²) in [6.45, 7) is 0. The van der Waals surface area contributed by atoms with E-state index in [-0.39, 0.29) is 0 Å². The normalized spacial score (nSPS) is 12.4. The van der Waals surface area contributed by atoms with Gasteiger partial charge in [0.2, 0.25) is 5.95 Å². The van der Waals surface area contributed by atoms with Gasteiger partial charge in [0, 0.05) is 38.7 Å². The van der Waals surface area contributed by atoms with Crippen molar-refractivity contribution in [3.63, 3.8) is 0 Å². The monoisotopic (exact) mass is 325 g/mol. The third-order valence-electron chi connectivity index (χ3n) is 3.47. The fraction of sp³-hybridized carbons (Fsp3) is 0.0588. The fourth-order valence-corrected chi connectivity index (χ4v) is 3.65. The van der Waals surface area contributed by atoms with Crippen molar-refractivity contribution in [2.24, 2.45) is 0 Å². The SMILES string of the molecule is Clc1cccc(Nc2ncc3c(n2)-c2ccccc2SC3)c1. The molecule has 0 aliphatic carbocycles. The molecule has 3 nitrogen and oxygen atoms in total. The number of thioether (sulfide) groups is 1. The Bertz CT molecular complexity index is 851. The largest absolute Gasteiger partial charge is 0.324 e. The Labute approximate surface area is 137 Å². The van der Waals surface area contributed by atoms with Gasteiger partial charge in [-0.1, -0.05) is 35.9 Å². The molecule has 1 aromatic heterocycles. The van der Waals surface area contributed by atoms with E-state index in [2.05, 4.69) is 28.5 Å². The average Bonchev–Trinajstić information content (AvgIpc) is 2.55. The molecule has 0 radical (unpaired) electrons. The molecular formula is C17H12ClN3S. The molecule has 2 heterocycles. The van der Waals surface area contributed by atoms with Gasteiger partial charge in [-0.3, -0.25) is 0 Å². The number of rotatable bonds is 2. The number of benzene rings is 2. The van der Waals surface area contributed by atoms with Crippen LogP contribution in [0.4, 0.5) is 11.6 Å². The summed E-state index contributed by atoms with van der Waals surface area (Å²) in [6.07, 6.45) is 1.90. The summed E-state index contributed by atoms with van der Waals surface area (Å²) in [5.74, 6) is 1.49. The number of hydrogen-bond acceptors (Lipinski definition) is 4. The standard InChI is InChI=1S/C17H12ClN3S/c18-12-4-3-5-13(8-12)20-17-19-9-11-10-22-15-7-2-1-6-14(15)16(11)21-17/h1-9H,10H2,(H,19,20,21). The lowest BCUT2D eigenvalue weighted by atomic mass is 10.1. The van der Waals surface area contributed by atoms with Crippen molar-refractivity contribution >= 4 is 35.0 Å². The van der Waals surface area contributed by atoms with Gasteiger partial charge in [0.05, 0.1) is 5.69 Å². The van der Waals surface area contributed by atoms with Gasteiger partial charge in [0.15, 0.2) is 0 Å². The summed E-state index contributed by atoms with van der Waals surface area (Å²) in [7, 11) is 0. The summed E-state index contributed by atoms with van der Waals surface area (Å²) in [4.78, 5) is 10.4. The van der Waals surface area contributed by atoms with Crippen LogP contribution in [-0.4, -0.2) is 9.97 Å². The Kier molecular flexibility index (Phi) is 3.48. The lowest BCUT2D eigenvalue weighted by Gasteiger charge is -2.18. The van der Waals surface area contributed by atoms with Gasteiger partial charge in [0.1, 0.15) is 0 Å². The first-order chi connectivity index (χ1) is 10.8. The summed E-state index contributed by atoms with van der Waals surface area (Å²) in [5, 5.41) is 3.90. The van der Waals surface area contributed by atoms with E-state index < -0.39 is 0 Å². The van der Waals surface area contributed by atoms with Gasteiger partial charge in [0.25, 0.3) is 0 Å². The minimum absolute atomic E-state index is 0.586. The average molecular weight is 326 g/mol. The first kappa shape index (κ1) is 13.6. The molecule has 0 bridgehead atoms. The van der Waals surface area contributed by atoms with E-state index in [4.69, 9.17) is 16.6 Å². The number of hydrogen-bond donors (Lipinski definition) is 1. The maximum atomic E-state index is 6.01. The van der Waals surface area contributed by atoms with Gasteiger partial charge >= 0.3 is 0 Å². The van der Waals surface area contributed by atoms with Gasteiger partial charge in [-0.15, -0.1) is 11.8 Å². The van der Waals surface area contributed by atoms with Crippen LogP contribution in [0.3, 0.4) is 0 Å². The van der Waals surface area contributed by atoms with Gasteiger partial charge < -0.3 is 5.32 Å². The van der Waals surface area contributed by atoms with E-state index in [9.17, 15) is 0 Å². The zero-order valence-electron chi connectivity index (χ0n) is 11.6. The number of halogens is 1. The van der Waals surface area contributed by atoms with E-state index in [1.165, 1.54) is 16.0 Å². The minimum Gasteiger partial charge on any atom is -0.324 e. The molecule has 5 heteroatoms. The highest BCUT2D eigenvalue weighted by molar-refractivity contribution is 7.98. The Morgan fingerprint density at radius 2 is 2.00 bits per heavy atom. The van der Waals surface area contributed by atoms with E-state index in [0.29, 0.717) is 11.0 Å². The molecular weight excluding hydrogens is 314 g/mol. The highest BCUT2D eigenvalue weighted by atomic mass is 35.5. The minimum atomic E-state index is 0.586. The van der Waals surface area contributed by atoms with Crippen LogP contribution >= 0.6 is 23.4 Å². The first-order valence-electron chi connectivity index (χ1n) is 6.90. The molecule has 22 heavy (non-hydrogen) atoms. The van der Waals surface area contributed by atoms with Crippen LogP contribution in [-0.2, 0) is 5.75 Å². The summed E-state index contributed by atoms with van der Waals surface area (Å²) < 4.78 is 0. The number of anilines is 2. The Morgan fingerprint density at radius 3 is 2.91 bits per heavy atom. The van der Waals surface area contributed by atoms with Crippen molar-refractivity contribution in [2.45, 2.75) is 10.6 Å². The van der Waals surface area contributed by atoms with Crippen LogP contribution in [0, 0.1) is 0 Å². The molecule has 1 aliphatic rings. The lowest BCUT2D eigenvalue weighted by molar-refractivity contribution is 1.11. The van der Waals surface area contributed by atoms with E-state index >= 15 is 0 Å². The number of nitrogens with one attached hydrogen (secondary N) is 1. The second-order valence-corrected chi connectivity index (χ2v) is 6.44. The first-order valence-corrected chi connectivity index (χ1v) is 8.27. The molecule has 108 valence electrons. The smallest absolute Gasteiger partial charge is 0.227 e.